The van der Waals surface area contributed by atoms with Gasteiger partial charge in [-0.25, -0.2) is 0 Å². The number of ether oxygens (including phenoxy) is 3. The Hall–Kier alpha value is -3.54. The van der Waals surface area contributed by atoms with Gasteiger partial charge < -0.3 is 19.1 Å². The number of hydrogen-bond donors (Lipinski definition) is 0. The lowest BCUT2D eigenvalue weighted by atomic mass is 10.1. The fourth-order valence-corrected chi connectivity index (χ4v) is 3.91. The van der Waals surface area contributed by atoms with Gasteiger partial charge in [-0.15, -0.1) is 0 Å². The molecule has 0 radical (unpaired) electrons. The van der Waals surface area contributed by atoms with Gasteiger partial charge in [0.2, 0.25) is 6.79 Å². The van der Waals surface area contributed by atoms with E-state index in [2.05, 4.69) is 17.1 Å². The van der Waals surface area contributed by atoms with Gasteiger partial charge in [0.05, 0.1) is 6.54 Å². The summed E-state index contributed by atoms with van der Waals surface area (Å²) in [6.45, 7) is 0.532. The molecule has 6 heteroatoms. The minimum atomic E-state index is -0.141. The zero-order valence-electron chi connectivity index (χ0n) is 16.5. The smallest absolute Gasteiger partial charge is 0.265 e. The van der Waals surface area contributed by atoms with Gasteiger partial charge in [0, 0.05) is 24.1 Å². The predicted octanol–water partition coefficient (Wildman–Crippen LogP) is 3.91. The molecule has 1 aromatic heterocycles. The van der Waals surface area contributed by atoms with Gasteiger partial charge in [-0.2, -0.15) is 0 Å². The Morgan fingerprint density at radius 1 is 1.03 bits per heavy atom. The fraction of sp³-hybridized carbons (Fsp3) is 0.250. The third kappa shape index (κ3) is 3.81. The molecule has 0 spiro atoms. The van der Waals surface area contributed by atoms with Crippen molar-refractivity contribution in [1.82, 2.24) is 4.98 Å². The molecule has 0 saturated carbocycles. The van der Waals surface area contributed by atoms with Crippen LogP contribution >= 0.6 is 0 Å². The Balaban J connectivity index is 1.36. The van der Waals surface area contributed by atoms with Crippen LogP contribution in [0.15, 0.2) is 60.9 Å². The first kappa shape index (κ1) is 18.5. The molecule has 0 N–H and O–H groups in total. The standard InChI is InChI=1S/C24H22N2O4/c27-24(15-28-21-8-6-18-4-1-5-19(18)11-21)26(14-17-3-2-10-25-13-17)20-7-9-22-23(12-20)30-16-29-22/h2-3,6-13H,1,4-5,14-16H2. The molecule has 1 aliphatic carbocycles. The second kappa shape index (κ2) is 8.06. The number of fused-ring (bicyclic) bond motifs is 2. The van der Waals surface area contributed by atoms with Crippen LogP contribution in [0.4, 0.5) is 5.69 Å². The van der Waals surface area contributed by atoms with E-state index < -0.39 is 0 Å². The van der Waals surface area contributed by atoms with Crippen molar-refractivity contribution in [2.45, 2.75) is 25.8 Å². The molecule has 30 heavy (non-hydrogen) atoms. The molecule has 2 heterocycles. The van der Waals surface area contributed by atoms with Gasteiger partial charge in [0.1, 0.15) is 5.75 Å². The molecule has 6 nitrogen and oxygen atoms in total. The van der Waals surface area contributed by atoms with Crippen molar-refractivity contribution in [3.8, 4) is 17.2 Å². The van der Waals surface area contributed by atoms with Crippen LogP contribution in [0.25, 0.3) is 0 Å². The molecule has 1 amide bonds. The van der Waals surface area contributed by atoms with E-state index >= 15 is 0 Å². The lowest BCUT2D eigenvalue weighted by molar-refractivity contribution is -0.120. The number of benzene rings is 2. The highest BCUT2D eigenvalue weighted by Crippen LogP contribution is 2.36. The first-order valence-electron chi connectivity index (χ1n) is 10.1. The van der Waals surface area contributed by atoms with Gasteiger partial charge >= 0.3 is 0 Å². The summed E-state index contributed by atoms with van der Waals surface area (Å²) >= 11 is 0. The Morgan fingerprint density at radius 3 is 2.83 bits per heavy atom. The molecular formula is C24H22N2O4. The number of aryl methyl sites for hydroxylation is 2. The van der Waals surface area contributed by atoms with Crippen molar-refractivity contribution in [2.75, 3.05) is 18.3 Å². The van der Waals surface area contributed by atoms with Crippen molar-refractivity contribution < 1.29 is 19.0 Å². The van der Waals surface area contributed by atoms with E-state index in [0.29, 0.717) is 18.0 Å². The number of carbonyl (C=O) groups is 1. The second-order valence-corrected chi connectivity index (χ2v) is 7.45. The van der Waals surface area contributed by atoms with E-state index in [1.165, 1.54) is 17.5 Å². The molecule has 3 aromatic rings. The molecule has 0 unspecified atom stereocenters. The predicted molar refractivity (Wildman–Crippen MR) is 112 cm³/mol. The lowest BCUT2D eigenvalue weighted by Crippen LogP contribution is -2.34. The van der Waals surface area contributed by atoms with Crippen molar-refractivity contribution in [3.05, 3.63) is 77.6 Å². The number of aromatic nitrogens is 1. The van der Waals surface area contributed by atoms with Crippen LogP contribution in [0, 0.1) is 0 Å². The minimum absolute atomic E-state index is 0.0481. The van der Waals surface area contributed by atoms with Crippen LogP contribution in [0.3, 0.4) is 0 Å². The van der Waals surface area contributed by atoms with Crippen molar-refractivity contribution >= 4 is 11.6 Å². The summed E-state index contributed by atoms with van der Waals surface area (Å²) in [5.74, 6) is 1.91. The Morgan fingerprint density at radius 2 is 1.93 bits per heavy atom. The van der Waals surface area contributed by atoms with Gasteiger partial charge in [-0.1, -0.05) is 12.1 Å². The highest BCUT2D eigenvalue weighted by Gasteiger charge is 2.21. The fourth-order valence-electron chi connectivity index (χ4n) is 3.91. The number of amides is 1. The molecule has 2 aliphatic rings. The first-order valence-corrected chi connectivity index (χ1v) is 10.1. The lowest BCUT2D eigenvalue weighted by Gasteiger charge is -2.23. The summed E-state index contributed by atoms with van der Waals surface area (Å²) in [7, 11) is 0. The first-order chi connectivity index (χ1) is 14.8. The normalized spacial score (nSPS) is 13.7. The monoisotopic (exact) mass is 402 g/mol. The maximum Gasteiger partial charge on any atom is 0.265 e. The maximum absolute atomic E-state index is 13.2. The molecule has 0 bridgehead atoms. The Kier molecular flexibility index (Phi) is 4.97. The summed E-state index contributed by atoms with van der Waals surface area (Å²) < 4.78 is 16.7. The maximum atomic E-state index is 13.2. The van der Waals surface area contributed by atoms with E-state index in [1.54, 1.807) is 17.3 Å². The van der Waals surface area contributed by atoms with Crippen molar-refractivity contribution in [2.24, 2.45) is 0 Å². The van der Waals surface area contributed by atoms with Crippen LogP contribution in [-0.4, -0.2) is 24.3 Å². The average Bonchev–Trinajstić information content (AvgIpc) is 3.44. The van der Waals surface area contributed by atoms with Gasteiger partial charge in [-0.05, 0) is 66.3 Å². The van der Waals surface area contributed by atoms with Gasteiger partial charge in [-0.3, -0.25) is 9.78 Å². The molecule has 1 aliphatic heterocycles. The number of carbonyl (C=O) groups excluding carboxylic acids is 1. The summed E-state index contributed by atoms with van der Waals surface area (Å²) in [6.07, 6.45) is 6.85. The van der Waals surface area contributed by atoms with E-state index in [1.807, 2.05) is 36.4 Å². The molecule has 0 atom stereocenters. The molecule has 0 fully saturated rings. The van der Waals surface area contributed by atoms with E-state index in [9.17, 15) is 4.79 Å². The van der Waals surface area contributed by atoms with Crippen LogP contribution in [0.1, 0.15) is 23.1 Å². The van der Waals surface area contributed by atoms with Crippen molar-refractivity contribution in [3.63, 3.8) is 0 Å². The SMILES string of the molecule is O=C(COc1ccc2c(c1)CCC2)N(Cc1cccnc1)c1ccc2c(c1)OCO2. The van der Waals surface area contributed by atoms with Gasteiger partial charge in [0.25, 0.3) is 5.91 Å². The van der Waals surface area contributed by atoms with Crippen LogP contribution in [-0.2, 0) is 24.2 Å². The number of nitrogens with zero attached hydrogens (tertiary/aromatic N) is 2. The highest BCUT2D eigenvalue weighted by atomic mass is 16.7. The number of rotatable bonds is 6. The van der Waals surface area contributed by atoms with Crippen LogP contribution in [0.5, 0.6) is 17.2 Å². The second-order valence-electron chi connectivity index (χ2n) is 7.45. The summed E-state index contributed by atoms with van der Waals surface area (Å²) in [5, 5.41) is 0. The number of hydrogen-bond acceptors (Lipinski definition) is 5. The molecule has 0 saturated heterocycles. The van der Waals surface area contributed by atoms with Crippen LogP contribution < -0.4 is 19.1 Å². The van der Waals surface area contributed by atoms with E-state index in [-0.39, 0.29) is 19.3 Å². The zero-order chi connectivity index (χ0) is 20.3. The molecule has 152 valence electrons. The minimum Gasteiger partial charge on any atom is -0.484 e. The summed E-state index contributed by atoms with van der Waals surface area (Å²) in [5.41, 5.74) is 4.36. The summed E-state index contributed by atoms with van der Waals surface area (Å²) in [6, 6.07) is 15.4. The van der Waals surface area contributed by atoms with Crippen LogP contribution in [0.2, 0.25) is 0 Å². The number of pyridine rings is 1. The third-order valence-electron chi connectivity index (χ3n) is 5.46. The Bertz CT molecular complexity index is 1070. The Labute approximate surface area is 175 Å². The largest absolute Gasteiger partial charge is 0.484 e. The van der Waals surface area contributed by atoms with E-state index in [0.717, 1.165) is 29.8 Å². The zero-order valence-corrected chi connectivity index (χ0v) is 16.5. The topological polar surface area (TPSA) is 60.9 Å². The third-order valence-corrected chi connectivity index (χ3v) is 5.46. The molecule has 5 rings (SSSR count). The number of anilines is 1. The summed E-state index contributed by atoms with van der Waals surface area (Å²) in [4.78, 5) is 19.0. The van der Waals surface area contributed by atoms with Crippen molar-refractivity contribution in [1.29, 1.82) is 0 Å². The van der Waals surface area contributed by atoms with Gasteiger partial charge in [0.15, 0.2) is 18.1 Å². The quantitative estimate of drug-likeness (QED) is 0.626. The molecular weight excluding hydrogens is 380 g/mol. The van der Waals surface area contributed by atoms with E-state index in [4.69, 9.17) is 14.2 Å². The molecule has 2 aromatic carbocycles. The average molecular weight is 402 g/mol. The highest BCUT2D eigenvalue weighted by molar-refractivity contribution is 5.94.